The predicted molar refractivity (Wildman–Crippen MR) is 75.6 cm³/mol. The maximum absolute atomic E-state index is 14.2. The molecular weight excluding hydrogens is 275 g/mol. The molecule has 0 saturated heterocycles. The van der Waals surface area contributed by atoms with Crippen molar-refractivity contribution in [2.45, 2.75) is 0 Å². The number of methoxy groups -OCH3 is 1. The van der Waals surface area contributed by atoms with Gasteiger partial charge in [0.15, 0.2) is 0 Å². The molecule has 3 rings (SSSR count). The van der Waals surface area contributed by atoms with Crippen LogP contribution < -0.4 is 16.0 Å². The van der Waals surface area contributed by atoms with Crippen molar-refractivity contribution >= 4 is 11.3 Å². The summed E-state index contributed by atoms with van der Waals surface area (Å²) in [7, 11) is 1.44. The van der Waals surface area contributed by atoms with Crippen molar-refractivity contribution in [3.8, 4) is 17.0 Å². The summed E-state index contributed by atoms with van der Waals surface area (Å²) in [5.41, 5.74) is 6.65. The van der Waals surface area contributed by atoms with E-state index in [1.165, 1.54) is 48.3 Å². The summed E-state index contributed by atoms with van der Waals surface area (Å²) in [6.45, 7) is 0. The molecule has 3 aromatic rings. The Kier molecular flexibility index (Phi) is 3.02. The van der Waals surface area contributed by atoms with Gasteiger partial charge in [0.2, 0.25) is 5.88 Å². The van der Waals surface area contributed by atoms with Crippen molar-refractivity contribution in [3.63, 3.8) is 0 Å². The fourth-order valence-electron chi connectivity index (χ4n) is 2.05. The number of halogens is 1. The number of anilines is 1. The summed E-state index contributed by atoms with van der Waals surface area (Å²) < 4.78 is 20.4. The molecule has 0 amide bonds. The number of rotatable bonds is 2. The van der Waals surface area contributed by atoms with Gasteiger partial charge in [0.1, 0.15) is 11.5 Å². The lowest BCUT2D eigenvalue weighted by molar-refractivity contribution is 0.400. The van der Waals surface area contributed by atoms with Crippen molar-refractivity contribution < 1.29 is 9.13 Å². The molecule has 0 aromatic carbocycles. The van der Waals surface area contributed by atoms with Crippen LogP contribution in [0.2, 0.25) is 0 Å². The molecule has 3 aromatic heterocycles. The topological polar surface area (TPSA) is 82.5 Å². The molecule has 0 saturated carbocycles. The summed E-state index contributed by atoms with van der Waals surface area (Å²) in [6.07, 6.45) is 4.15. The first-order chi connectivity index (χ1) is 10.1. The van der Waals surface area contributed by atoms with E-state index in [0.717, 1.165) is 0 Å². The highest BCUT2D eigenvalue weighted by molar-refractivity contribution is 5.69. The first-order valence-corrected chi connectivity index (χ1v) is 6.07. The largest absolute Gasteiger partial charge is 0.480 e. The predicted octanol–water partition coefficient (Wildman–Crippen LogP) is 1.49. The van der Waals surface area contributed by atoms with E-state index in [2.05, 4.69) is 9.97 Å². The van der Waals surface area contributed by atoms with Crippen molar-refractivity contribution in [2.75, 3.05) is 12.8 Å². The van der Waals surface area contributed by atoms with E-state index in [0.29, 0.717) is 5.56 Å². The Morgan fingerprint density at radius 2 is 2.14 bits per heavy atom. The zero-order chi connectivity index (χ0) is 15.0. The molecule has 2 N–H and O–H groups in total. The minimum atomic E-state index is -0.514. The molecule has 106 valence electrons. The van der Waals surface area contributed by atoms with Crippen molar-refractivity contribution in [1.29, 1.82) is 0 Å². The fraction of sp³-hybridized carbons (Fsp3) is 0.0714. The SMILES string of the molecule is COc1ncc(-c2cn3c(=O)ccnc3cc2F)cc1N. The Labute approximate surface area is 118 Å². The molecule has 3 heterocycles. The fourth-order valence-corrected chi connectivity index (χ4v) is 2.05. The quantitative estimate of drug-likeness (QED) is 0.771. The van der Waals surface area contributed by atoms with Crippen LogP contribution in [0.1, 0.15) is 0 Å². The molecule has 0 aliphatic carbocycles. The Balaban J connectivity index is 2.25. The molecule has 6 nitrogen and oxygen atoms in total. The van der Waals surface area contributed by atoms with Gasteiger partial charge in [0.25, 0.3) is 5.56 Å². The van der Waals surface area contributed by atoms with Crippen molar-refractivity contribution in [2.24, 2.45) is 0 Å². The van der Waals surface area contributed by atoms with Gasteiger partial charge in [-0.3, -0.25) is 9.20 Å². The zero-order valence-corrected chi connectivity index (χ0v) is 11.1. The van der Waals surface area contributed by atoms with E-state index in [-0.39, 0.29) is 28.3 Å². The summed E-state index contributed by atoms with van der Waals surface area (Å²) in [4.78, 5) is 19.7. The number of pyridine rings is 2. The van der Waals surface area contributed by atoms with Gasteiger partial charge < -0.3 is 10.5 Å². The third-order valence-corrected chi connectivity index (χ3v) is 3.06. The van der Waals surface area contributed by atoms with Crippen LogP contribution in [-0.4, -0.2) is 21.5 Å². The molecule has 0 radical (unpaired) electrons. The minimum absolute atomic E-state index is 0.208. The normalized spacial score (nSPS) is 10.8. The summed E-state index contributed by atoms with van der Waals surface area (Å²) in [5.74, 6) is -0.252. The van der Waals surface area contributed by atoms with Crippen LogP contribution >= 0.6 is 0 Å². The smallest absolute Gasteiger partial charge is 0.257 e. The Morgan fingerprint density at radius 1 is 1.33 bits per heavy atom. The number of nitrogens with two attached hydrogens (primary N) is 1. The average Bonchev–Trinajstić information content (AvgIpc) is 2.47. The molecule has 0 unspecified atom stereocenters. The molecule has 0 aliphatic heterocycles. The highest BCUT2D eigenvalue weighted by Crippen LogP contribution is 2.27. The second-order valence-electron chi connectivity index (χ2n) is 4.37. The Morgan fingerprint density at radius 3 is 2.86 bits per heavy atom. The molecule has 0 fully saturated rings. The maximum atomic E-state index is 14.2. The van der Waals surface area contributed by atoms with E-state index in [4.69, 9.17) is 10.5 Å². The third kappa shape index (κ3) is 2.18. The molecule has 7 heteroatoms. The van der Waals surface area contributed by atoms with Crippen molar-refractivity contribution in [3.05, 3.63) is 53.0 Å². The number of nitrogens with zero attached hydrogens (tertiary/aromatic N) is 3. The standard InChI is InChI=1S/C14H11FN4O2/c1-21-14-11(16)4-8(6-18-14)9-7-19-12(5-10(9)15)17-3-2-13(19)20/h2-7H,16H2,1H3. The lowest BCUT2D eigenvalue weighted by Crippen LogP contribution is -2.13. The van der Waals surface area contributed by atoms with Crippen LogP contribution in [0, 0.1) is 5.82 Å². The molecular formula is C14H11FN4O2. The first-order valence-electron chi connectivity index (χ1n) is 6.07. The lowest BCUT2D eigenvalue weighted by atomic mass is 10.1. The van der Waals surface area contributed by atoms with E-state index in [1.54, 1.807) is 0 Å². The van der Waals surface area contributed by atoms with E-state index >= 15 is 0 Å². The second kappa shape index (κ2) is 4.86. The van der Waals surface area contributed by atoms with Crippen LogP contribution in [0.5, 0.6) is 5.88 Å². The highest BCUT2D eigenvalue weighted by Gasteiger charge is 2.11. The summed E-state index contributed by atoms with van der Waals surface area (Å²) in [5, 5.41) is 0. The van der Waals surface area contributed by atoms with E-state index in [9.17, 15) is 9.18 Å². The summed E-state index contributed by atoms with van der Waals surface area (Å²) in [6, 6.07) is 4.03. The van der Waals surface area contributed by atoms with Crippen LogP contribution in [-0.2, 0) is 0 Å². The monoisotopic (exact) mass is 286 g/mol. The number of nitrogen functional groups attached to an aromatic ring is 1. The van der Waals surface area contributed by atoms with Gasteiger partial charge in [-0.25, -0.2) is 14.4 Å². The van der Waals surface area contributed by atoms with E-state index < -0.39 is 5.82 Å². The minimum Gasteiger partial charge on any atom is -0.480 e. The molecule has 21 heavy (non-hydrogen) atoms. The van der Waals surface area contributed by atoms with E-state index in [1.807, 2.05) is 0 Å². The Bertz CT molecular complexity index is 892. The molecule has 0 bridgehead atoms. The number of hydrogen-bond donors (Lipinski definition) is 1. The molecule has 0 aliphatic rings. The third-order valence-electron chi connectivity index (χ3n) is 3.06. The highest BCUT2D eigenvalue weighted by atomic mass is 19.1. The number of hydrogen-bond acceptors (Lipinski definition) is 5. The van der Waals surface area contributed by atoms with Gasteiger partial charge in [-0.2, -0.15) is 0 Å². The molecule has 0 spiro atoms. The number of ether oxygens (including phenoxy) is 1. The van der Waals surface area contributed by atoms with Gasteiger partial charge in [-0.05, 0) is 6.07 Å². The average molecular weight is 286 g/mol. The number of fused-ring (bicyclic) bond motifs is 1. The van der Waals surface area contributed by atoms with Crippen molar-refractivity contribution in [1.82, 2.24) is 14.4 Å². The first kappa shape index (κ1) is 13.0. The van der Waals surface area contributed by atoms with Crippen LogP contribution in [0.3, 0.4) is 0 Å². The lowest BCUT2D eigenvalue weighted by Gasteiger charge is -2.08. The zero-order valence-electron chi connectivity index (χ0n) is 11.1. The van der Waals surface area contributed by atoms with Gasteiger partial charge in [0.05, 0.1) is 12.8 Å². The summed E-state index contributed by atoms with van der Waals surface area (Å²) >= 11 is 0. The van der Waals surface area contributed by atoms with Gasteiger partial charge in [0, 0.05) is 41.9 Å². The Hall–Kier alpha value is -2.96. The van der Waals surface area contributed by atoms with Gasteiger partial charge in [-0.1, -0.05) is 0 Å². The second-order valence-corrected chi connectivity index (χ2v) is 4.37. The van der Waals surface area contributed by atoms with Crippen LogP contribution in [0.25, 0.3) is 16.8 Å². The maximum Gasteiger partial charge on any atom is 0.257 e. The number of aromatic nitrogens is 3. The van der Waals surface area contributed by atoms with Crippen LogP contribution in [0.15, 0.2) is 41.6 Å². The molecule has 0 atom stereocenters. The van der Waals surface area contributed by atoms with Crippen LogP contribution in [0.4, 0.5) is 10.1 Å². The van der Waals surface area contributed by atoms with Gasteiger partial charge >= 0.3 is 0 Å². The van der Waals surface area contributed by atoms with Gasteiger partial charge in [-0.15, -0.1) is 0 Å².